The van der Waals surface area contributed by atoms with E-state index in [1.54, 1.807) is 36.4 Å². The summed E-state index contributed by atoms with van der Waals surface area (Å²) in [6, 6.07) is 63.2. The van der Waals surface area contributed by atoms with Crippen molar-refractivity contribution in [2.24, 2.45) is 0 Å². The lowest BCUT2D eigenvalue weighted by Gasteiger charge is -2.31. The fourth-order valence-corrected chi connectivity index (χ4v) is 11.5. The number of hydrogen-bond donors (Lipinski definition) is 3. The molecule has 3 N–H and O–H groups in total. The van der Waals surface area contributed by atoms with Crippen molar-refractivity contribution in [1.29, 1.82) is 10.5 Å². The molecule has 0 saturated heterocycles. The minimum Gasteiger partial charge on any atom is -0.508 e. The summed E-state index contributed by atoms with van der Waals surface area (Å²) < 4.78 is 21.3. The van der Waals surface area contributed by atoms with Gasteiger partial charge in [0.25, 0.3) is 0 Å². The number of benzene rings is 8. The van der Waals surface area contributed by atoms with E-state index in [-0.39, 0.29) is 48.2 Å². The van der Waals surface area contributed by atoms with Gasteiger partial charge in [-0.15, -0.1) is 0 Å². The molecular weight excluding hydrogens is 1250 g/mol. The van der Waals surface area contributed by atoms with Crippen LogP contribution in [0.15, 0.2) is 267 Å². The van der Waals surface area contributed by atoms with Crippen molar-refractivity contribution >= 4 is 40.4 Å². The summed E-state index contributed by atoms with van der Waals surface area (Å²) in [5.41, 5.74) is 9.42. The van der Waals surface area contributed by atoms with Crippen molar-refractivity contribution in [3.8, 4) is 68.1 Å². The maximum Gasteiger partial charge on any atom is 0.349 e. The minimum atomic E-state index is -0.743. The molecule has 2 heterocycles. The zero-order valence-electron chi connectivity index (χ0n) is 55.5. The first-order valence-electron chi connectivity index (χ1n) is 32.1. The first kappa shape index (κ1) is 71.5. The Morgan fingerprint density at radius 1 is 0.510 bits per heavy atom. The zero-order valence-corrected chi connectivity index (χ0v) is 55.5. The first-order chi connectivity index (χ1) is 48.7. The van der Waals surface area contributed by atoms with Gasteiger partial charge in [0, 0.05) is 73.2 Å². The number of ether oxygens (including phenoxy) is 4. The lowest BCUT2D eigenvalue weighted by molar-refractivity contribution is -0.144. The van der Waals surface area contributed by atoms with Gasteiger partial charge in [-0.1, -0.05) is 165 Å². The number of esters is 3. The van der Waals surface area contributed by atoms with Gasteiger partial charge in [0.15, 0.2) is 11.4 Å². The Morgan fingerprint density at radius 2 is 0.870 bits per heavy atom. The van der Waals surface area contributed by atoms with E-state index in [1.807, 2.05) is 248 Å². The van der Waals surface area contributed by atoms with Crippen LogP contribution in [0.5, 0.6) is 11.5 Å². The number of allylic oxidation sites excluding steroid dienone is 6. The third-order valence-electron chi connectivity index (χ3n) is 16.8. The van der Waals surface area contributed by atoms with Crippen molar-refractivity contribution in [3.05, 3.63) is 321 Å². The molecular formula is C84H72N6O10. The number of aliphatic hydroxyl groups excluding tert-OH is 1. The third kappa shape index (κ3) is 18.2. The Hall–Kier alpha value is -12.8. The Bertz CT molecular complexity index is 4840. The summed E-state index contributed by atoms with van der Waals surface area (Å²) in [5, 5.41) is 51.0. The molecule has 0 spiro atoms. The molecule has 0 saturated carbocycles. The second-order valence-corrected chi connectivity index (χ2v) is 23.2. The van der Waals surface area contributed by atoms with Crippen LogP contribution in [-0.4, -0.2) is 96.8 Å². The van der Waals surface area contributed by atoms with Gasteiger partial charge < -0.3 is 44.1 Å². The topological polar surface area (TPSA) is 212 Å². The lowest BCUT2D eigenvalue weighted by atomic mass is 9.73. The van der Waals surface area contributed by atoms with E-state index >= 15 is 0 Å². The second kappa shape index (κ2) is 35.2. The number of phenolic OH excluding ortho intramolecular Hbond substituents is 2. The predicted molar refractivity (Wildman–Crippen MR) is 387 cm³/mol. The normalized spacial score (nSPS) is 13.4. The standard InChI is InChI=1S/C52H47N3O7.C32H25N3O3/c1-52(40-15-19-42(56)20-16-40,41-17-21-43(57)22-18-41)26-23-50(58)62-31-10-30-61-32-29-55-27-24-37(25-28-55)33-49(54-2)47-35-44(38-11-6-4-7-12-38)46(48(36-53)51(59)60-3)34-45(47)39-13-8-5-9-14-39;1-34-31(19-23-13-15-35(16-14-23)17-18-36)29-21-26(24-9-5-3-6-10-24)28(30(22-33)32(37)38-2)20-27(29)25-11-7-4-8-12-25/h4-9,11-22,24-25,27-28,33-35,56-57H,10,23,26,29-32H2,1,3H3;3-16,19-21,36H,17-18H2,2H3. The molecule has 0 amide bonds. The van der Waals surface area contributed by atoms with Gasteiger partial charge >= 0.3 is 17.9 Å². The molecule has 2 aliphatic heterocycles. The molecule has 0 bridgehead atoms. The molecule has 0 aromatic heterocycles. The van der Waals surface area contributed by atoms with Gasteiger partial charge in [0.2, 0.25) is 0 Å². The largest absolute Gasteiger partial charge is 0.508 e. The molecule has 0 atom stereocenters. The highest BCUT2D eigenvalue weighted by molar-refractivity contribution is 6.17. The summed E-state index contributed by atoms with van der Waals surface area (Å²) in [7, 11) is 2.49. The number of methoxy groups -OCH3 is 2. The SMILES string of the molecule is [C-]#[N+]C(C=C1C=CN(CCO)C=C1)=c1cc(-c2ccccc2)c(=C(C#N)C(=O)OC)cc1-c1ccccc1.[C-]#[N+]C(C=C1C=CN(CCOCCCOC(=O)CCC(C)(c2ccc(O)cc2)c2ccc(O)cc2)C=C1)=c1cc(-c2ccccc2)c(=C(C#N)C(=O)OC)cc1-c1ccccc1. The van der Waals surface area contributed by atoms with E-state index in [4.69, 9.17) is 32.1 Å². The molecule has 100 heavy (non-hydrogen) atoms. The van der Waals surface area contributed by atoms with Gasteiger partial charge in [-0.2, -0.15) is 10.5 Å². The number of β-amino-alcohol motifs (C(OH)–C–C–N with tert-alkyl or cyclic N) is 1. The Balaban J connectivity index is 0.000000262. The maximum absolute atomic E-state index is 12.8. The zero-order chi connectivity index (χ0) is 70.8. The van der Waals surface area contributed by atoms with Crippen LogP contribution in [0.4, 0.5) is 0 Å². The summed E-state index contributed by atoms with van der Waals surface area (Å²) in [6.45, 7) is 20.6. The van der Waals surface area contributed by atoms with Crippen molar-refractivity contribution in [2.75, 3.05) is 53.7 Å². The molecule has 498 valence electrons. The number of nitriles is 2. The predicted octanol–water partition coefficient (Wildman–Crippen LogP) is 12.5. The number of aromatic hydroxyl groups is 2. The number of nitrogens with zero attached hydrogens (tertiary/aromatic N) is 6. The smallest absolute Gasteiger partial charge is 0.349 e. The number of carbonyl (C=O) groups is 3. The monoisotopic (exact) mass is 1320 g/mol. The van der Waals surface area contributed by atoms with Gasteiger partial charge in [-0.25, -0.2) is 19.3 Å². The lowest BCUT2D eigenvalue weighted by Crippen LogP contribution is -2.25. The van der Waals surface area contributed by atoms with Crippen LogP contribution in [0, 0.1) is 35.8 Å². The average molecular weight is 1330 g/mol. The Kier molecular flexibility index (Phi) is 25.2. The molecule has 2 aliphatic rings. The highest BCUT2D eigenvalue weighted by Crippen LogP contribution is 2.38. The van der Waals surface area contributed by atoms with E-state index in [0.29, 0.717) is 93.7 Å². The van der Waals surface area contributed by atoms with Gasteiger partial charge in [0.05, 0.1) is 47.2 Å². The fraction of sp³-hybridized carbons (Fsp3) is 0.155. The van der Waals surface area contributed by atoms with Crippen LogP contribution in [-0.2, 0) is 38.7 Å². The van der Waals surface area contributed by atoms with Crippen LogP contribution >= 0.6 is 0 Å². The molecule has 16 heteroatoms. The van der Waals surface area contributed by atoms with E-state index in [9.17, 15) is 40.2 Å². The van der Waals surface area contributed by atoms with Crippen molar-refractivity contribution in [2.45, 2.75) is 31.6 Å². The van der Waals surface area contributed by atoms with Gasteiger partial charge in [0.1, 0.15) is 34.8 Å². The first-order valence-corrected chi connectivity index (χ1v) is 32.1. The number of rotatable bonds is 22. The van der Waals surface area contributed by atoms with Crippen LogP contribution in [0.3, 0.4) is 0 Å². The number of hydrogen-bond acceptors (Lipinski definition) is 14. The number of carbonyl (C=O) groups excluding carboxylic acids is 3. The molecule has 0 aliphatic carbocycles. The maximum atomic E-state index is 12.8. The van der Waals surface area contributed by atoms with Crippen molar-refractivity contribution in [3.63, 3.8) is 0 Å². The third-order valence-corrected chi connectivity index (χ3v) is 16.8. The highest BCUT2D eigenvalue weighted by Gasteiger charge is 2.30. The van der Waals surface area contributed by atoms with E-state index < -0.39 is 17.4 Å². The summed E-state index contributed by atoms with van der Waals surface area (Å²) in [4.78, 5) is 49.9. The molecule has 8 aromatic rings. The van der Waals surface area contributed by atoms with Crippen LogP contribution < -0.4 is 20.9 Å². The van der Waals surface area contributed by atoms with Crippen molar-refractivity contribution < 1.29 is 48.7 Å². The molecule has 16 nitrogen and oxygen atoms in total. The summed E-state index contributed by atoms with van der Waals surface area (Å²) >= 11 is 0. The van der Waals surface area contributed by atoms with Gasteiger partial charge in [-0.3, -0.25) is 4.79 Å². The number of phenols is 2. The fourth-order valence-electron chi connectivity index (χ4n) is 11.5. The average Bonchev–Trinajstić information content (AvgIpc) is 0.786. The molecule has 0 fully saturated rings. The van der Waals surface area contributed by atoms with E-state index in [1.165, 1.54) is 14.2 Å². The molecule has 10 rings (SSSR count). The summed E-state index contributed by atoms with van der Waals surface area (Å²) in [5.74, 6) is -1.46. The number of aliphatic hydroxyl groups is 1. The second-order valence-electron chi connectivity index (χ2n) is 23.2. The Morgan fingerprint density at radius 3 is 1.22 bits per heavy atom. The van der Waals surface area contributed by atoms with E-state index in [2.05, 4.69) is 9.69 Å². The molecule has 0 unspecified atom stereocenters. The van der Waals surface area contributed by atoms with Crippen molar-refractivity contribution in [1.82, 2.24) is 9.80 Å². The quantitative estimate of drug-likeness (QED) is 0.0249. The van der Waals surface area contributed by atoms with Crippen LogP contribution in [0.2, 0.25) is 0 Å². The van der Waals surface area contributed by atoms with Gasteiger partial charge in [-0.05, 0) is 156 Å². The highest BCUT2D eigenvalue weighted by atomic mass is 16.5. The minimum absolute atomic E-state index is 0.0372. The van der Waals surface area contributed by atoms with Crippen LogP contribution in [0.25, 0.3) is 76.7 Å². The van der Waals surface area contributed by atoms with Crippen LogP contribution in [0.1, 0.15) is 37.3 Å². The molecule has 0 radical (unpaired) electrons. The molecule has 8 aromatic carbocycles. The Labute approximate surface area is 581 Å². The van der Waals surface area contributed by atoms with E-state index in [0.717, 1.165) is 44.5 Å². The summed E-state index contributed by atoms with van der Waals surface area (Å²) in [6.07, 6.45) is 20.0.